The van der Waals surface area contributed by atoms with Gasteiger partial charge in [0.05, 0.1) is 5.92 Å². The molecule has 3 heteroatoms. The van der Waals surface area contributed by atoms with Gasteiger partial charge in [-0.05, 0) is 55.5 Å². The molecule has 0 amide bonds. The van der Waals surface area contributed by atoms with Crippen LogP contribution in [0.15, 0.2) is 66.7 Å². The normalized spacial score (nSPS) is 18.7. The summed E-state index contributed by atoms with van der Waals surface area (Å²) in [5.74, 6) is 1.89. The molecule has 1 saturated carbocycles. The molecule has 0 bridgehead atoms. The van der Waals surface area contributed by atoms with Crippen molar-refractivity contribution in [1.29, 1.82) is 0 Å². The summed E-state index contributed by atoms with van der Waals surface area (Å²) in [7, 11) is 0. The van der Waals surface area contributed by atoms with Crippen molar-refractivity contribution in [2.24, 2.45) is 11.8 Å². The Morgan fingerprint density at radius 1 is 1.12 bits per heavy atom. The summed E-state index contributed by atoms with van der Waals surface area (Å²) in [5.41, 5.74) is 2.05. The summed E-state index contributed by atoms with van der Waals surface area (Å²) in [4.78, 5) is 12.1. The van der Waals surface area contributed by atoms with E-state index in [4.69, 9.17) is 9.47 Å². The largest absolute Gasteiger partial charge is 0.461 e. The summed E-state index contributed by atoms with van der Waals surface area (Å²) in [6.07, 6.45) is 1.84. The Balaban J connectivity index is 1.52. The number of carbonyl (C=O) groups is 1. The summed E-state index contributed by atoms with van der Waals surface area (Å²) in [5, 5.41) is 0. The molecule has 0 N–H and O–H groups in total. The predicted molar refractivity (Wildman–Crippen MR) is 93.8 cm³/mol. The summed E-state index contributed by atoms with van der Waals surface area (Å²) >= 11 is 0. The Kier molecular flexibility index (Phi) is 4.99. The van der Waals surface area contributed by atoms with Gasteiger partial charge in [-0.3, -0.25) is 4.79 Å². The minimum absolute atomic E-state index is 0.0467. The number of esters is 1. The van der Waals surface area contributed by atoms with Gasteiger partial charge in [-0.1, -0.05) is 35.9 Å². The zero-order valence-corrected chi connectivity index (χ0v) is 13.9. The Labute approximate surface area is 142 Å². The van der Waals surface area contributed by atoms with E-state index in [0.717, 1.165) is 35.5 Å². The van der Waals surface area contributed by atoms with Gasteiger partial charge in [0.15, 0.2) is 0 Å². The van der Waals surface area contributed by atoms with Gasteiger partial charge in [-0.15, -0.1) is 6.58 Å². The lowest BCUT2D eigenvalue weighted by atomic mass is 10.1. The van der Waals surface area contributed by atoms with Crippen LogP contribution in [0.4, 0.5) is 0 Å². The number of rotatable bonds is 7. The second-order valence-corrected chi connectivity index (χ2v) is 6.43. The molecule has 1 aliphatic carbocycles. The Morgan fingerprint density at radius 2 is 1.88 bits per heavy atom. The van der Waals surface area contributed by atoms with E-state index < -0.39 is 0 Å². The van der Waals surface area contributed by atoms with Crippen LogP contribution in [0, 0.1) is 11.8 Å². The summed E-state index contributed by atoms with van der Waals surface area (Å²) in [6, 6.07) is 17.2. The van der Waals surface area contributed by atoms with E-state index in [1.807, 2.05) is 61.5 Å². The Morgan fingerprint density at radius 3 is 2.62 bits per heavy atom. The van der Waals surface area contributed by atoms with Crippen LogP contribution in [0.25, 0.3) is 0 Å². The van der Waals surface area contributed by atoms with E-state index in [0.29, 0.717) is 5.92 Å². The monoisotopic (exact) mass is 322 g/mol. The van der Waals surface area contributed by atoms with E-state index >= 15 is 0 Å². The fourth-order valence-electron chi connectivity index (χ4n) is 2.79. The molecular weight excluding hydrogens is 300 g/mol. The smallest absolute Gasteiger partial charge is 0.309 e. The molecular formula is C21H22O3. The number of benzene rings is 2. The topological polar surface area (TPSA) is 35.5 Å². The molecule has 3 nitrogen and oxygen atoms in total. The second kappa shape index (κ2) is 7.35. The van der Waals surface area contributed by atoms with Gasteiger partial charge < -0.3 is 9.47 Å². The zero-order chi connectivity index (χ0) is 16.9. The molecule has 2 aromatic carbocycles. The van der Waals surface area contributed by atoms with Crippen LogP contribution in [0.5, 0.6) is 11.5 Å². The van der Waals surface area contributed by atoms with E-state index in [-0.39, 0.29) is 18.5 Å². The highest BCUT2D eigenvalue weighted by molar-refractivity contribution is 5.75. The Bertz CT molecular complexity index is 721. The lowest BCUT2D eigenvalue weighted by molar-refractivity contribution is -0.146. The van der Waals surface area contributed by atoms with E-state index in [1.54, 1.807) is 0 Å². The third kappa shape index (κ3) is 4.48. The van der Waals surface area contributed by atoms with Crippen molar-refractivity contribution in [3.05, 3.63) is 72.3 Å². The van der Waals surface area contributed by atoms with Gasteiger partial charge in [0.25, 0.3) is 0 Å². The Hall–Kier alpha value is -2.55. The van der Waals surface area contributed by atoms with Gasteiger partial charge in [0.2, 0.25) is 0 Å². The summed E-state index contributed by atoms with van der Waals surface area (Å²) < 4.78 is 11.2. The molecule has 2 atom stereocenters. The van der Waals surface area contributed by atoms with E-state index in [9.17, 15) is 4.79 Å². The van der Waals surface area contributed by atoms with Crippen LogP contribution < -0.4 is 4.74 Å². The molecule has 1 fully saturated rings. The molecule has 1 aliphatic rings. The standard InChI is InChI=1S/C21H22O3/c1-15(2)11-17-13-20(17)21(22)23-14-16-7-6-10-19(12-16)24-18-8-4-3-5-9-18/h3-10,12,17,20H,1,11,13-14H2,2H3. The number of allylic oxidation sites excluding steroid dienone is 1. The molecule has 124 valence electrons. The van der Waals surface area contributed by atoms with Crippen LogP contribution >= 0.6 is 0 Å². The first-order valence-corrected chi connectivity index (χ1v) is 8.24. The maximum absolute atomic E-state index is 12.1. The van der Waals surface area contributed by atoms with Gasteiger partial charge in [0.1, 0.15) is 18.1 Å². The highest BCUT2D eigenvalue weighted by Crippen LogP contribution is 2.43. The molecule has 0 spiro atoms. The zero-order valence-electron chi connectivity index (χ0n) is 13.9. The van der Waals surface area contributed by atoms with Gasteiger partial charge in [0, 0.05) is 0 Å². The van der Waals surface area contributed by atoms with E-state index in [2.05, 4.69) is 6.58 Å². The lowest BCUT2D eigenvalue weighted by Gasteiger charge is -2.08. The molecule has 2 unspecified atom stereocenters. The fourth-order valence-corrected chi connectivity index (χ4v) is 2.79. The number of para-hydroxylation sites is 1. The predicted octanol–water partition coefficient (Wildman–Crippen LogP) is 5.12. The van der Waals surface area contributed by atoms with Gasteiger partial charge >= 0.3 is 5.97 Å². The van der Waals surface area contributed by atoms with Crippen molar-refractivity contribution in [2.45, 2.75) is 26.4 Å². The summed E-state index contributed by atoms with van der Waals surface area (Å²) in [6.45, 7) is 6.18. The SMILES string of the molecule is C=C(C)CC1CC1C(=O)OCc1cccc(Oc2ccccc2)c1. The first-order valence-electron chi connectivity index (χ1n) is 8.24. The van der Waals surface area contributed by atoms with Crippen molar-refractivity contribution >= 4 is 5.97 Å². The third-order valence-electron chi connectivity index (χ3n) is 4.09. The van der Waals surface area contributed by atoms with Crippen LogP contribution in [-0.4, -0.2) is 5.97 Å². The van der Waals surface area contributed by atoms with Gasteiger partial charge in [-0.2, -0.15) is 0 Å². The minimum atomic E-state index is -0.101. The van der Waals surface area contributed by atoms with E-state index in [1.165, 1.54) is 0 Å². The van der Waals surface area contributed by atoms with Gasteiger partial charge in [-0.25, -0.2) is 0 Å². The van der Waals surface area contributed by atoms with Crippen LogP contribution in [0.3, 0.4) is 0 Å². The highest BCUT2D eigenvalue weighted by Gasteiger charge is 2.43. The molecule has 0 saturated heterocycles. The molecule has 2 aromatic rings. The third-order valence-corrected chi connectivity index (χ3v) is 4.09. The fraction of sp³-hybridized carbons (Fsp3) is 0.286. The maximum atomic E-state index is 12.1. The molecule has 3 rings (SSSR count). The van der Waals surface area contributed by atoms with Crippen LogP contribution in [0.1, 0.15) is 25.3 Å². The van der Waals surface area contributed by atoms with Crippen molar-refractivity contribution in [1.82, 2.24) is 0 Å². The average molecular weight is 322 g/mol. The van der Waals surface area contributed by atoms with Crippen LogP contribution in [-0.2, 0) is 16.1 Å². The van der Waals surface area contributed by atoms with Crippen molar-refractivity contribution in [3.63, 3.8) is 0 Å². The number of ether oxygens (including phenoxy) is 2. The van der Waals surface area contributed by atoms with Crippen molar-refractivity contribution in [2.75, 3.05) is 0 Å². The van der Waals surface area contributed by atoms with Crippen molar-refractivity contribution < 1.29 is 14.3 Å². The first-order chi connectivity index (χ1) is 11.6. The molecule has 0 heterocycles. The van der Waals surface area contributed by atoms with Crippen molar-refractivity contribution in [3.8, 4) is 11.5 Å². The molecule has 0 aromatic heterocycles. The quantitative estimate of drug-likeness (QED) is 0.524. The molecule has 0 radical (unpaired) electrons. The maximum Gasteiger partial charge on any atom is 0.309 e. The average Bonchev–Trinajstić information content (AvgIpc) is 3.32. The van der Waals surface area contributed by atoms with Crippen LogP contribution in [0.2, 0.25) is 0 Å². The minimum Gasteiger partial charge on any atom is -0.461 e. The number of hydrogen-bond acceptors (Lipinski definition) is 3. The first kappa shape index (κ1) is 16.3. The lowest BCUT2D eigenvalue weighted by Crippen LogP contribution is -2.08. The number of carbonyl (C=O) groups excluding carboxylic acids is 1. The highest BCUT2D eigenvalue weighted by atomic mass is 16.5. The molecule has 24 heavy (non-hydrogen) atoms. The number of hydrogen-bond donors (Lipinski definition) is 0. The second-order valence-electron chi connectivity index (χ2n) is 6.43. The molecule has 0 aliphatic heterocycles.